The lowest BCUT2D eigenvalue weighted by Gasteiger charge is -2.25. The van der Waals surface area contributed by atoms with Crippen molar-refractivity contribution >= 4 is 23.1 Å². The minimum absolute atomic E-state index is 0.114. The van der Waals surface area contributed by atoms with Crippen LogP contribution in [-0.2, 0) is 14.3 Å². The second-order valence-electron chi connectivity index (χ2n) is 7.15. The molecule has 1 aliphatic heterocycles. The predicted octanol–water partition coefficient (Wildman–Crippen LogP) is 3.45. The number of aliphatic hydroxyl groups is 1. The van der Waals surface area contributed by atoms with Gasteiger partial charge in [-0.3, -0.25) is 19.7 Å². The number of likely N-dealkylation sites (tertiary alicyclic amines) is 1. The number of hydrogen-bond donors (Lipinski definition) is 1. The van der Waals surface area contributed by atoms with Gasteiger partial charge in [-0.1, -0.05) is 12.1 Å². The van der Waals surface area contributed by atoms with E-state index in [0.29, 0.717) is 36.5 Å². The van der Waals surface area contributed by atoms with E-state index in [2.05, 4.69) is 0 Å². The number of benzene rings is 2. The number of rotatable bonds is 9. The molecule has 1 N–H and O–H groups in total. The fourth-order valence-electron chi connectivity index (χ4n) is 3.68. The van der Waals surface area contributed by atoms with E-state index in [9.17, 15) is 24.8 Å². The van der Waals surface area contributed by atoms with Gasteiger partial charge in [-0.2, -0.15) is 0 Å². The van der Waals surface area contributed by atoms with Crippen LogP contribution in [0.2, 0.25) is 0 Å². The van der Waals surface area contributed by atoms with E-state index in [1.54, 1.807) is 30.3 Å². The van der Waals surface area contributed by atoms with E-state index >= 15 is 0 Å². The minimum atomic E-state index is -0.960. The molecule has 0 spiro atoms. The molecule has 0 aliphatic carbocycles. The number of nitrogens with zero attached hydrogens (tertiary/aromatic N) is 2. The number of hydrogen-bond acceptors (Lipinski definition) is 7. The Bertz CT molecular complexity index is 1050. The van der Waals surface area contributed by atoms with Gasteiger partial charge >= 0.3 is 0 Å². The van der Waals surface area contributed by atoms with Crippen molar-refractivity contribution in [3.05, 3.63) is 75.3 Å². The van der Waals surface area contributed by atoms with Gasteiger partial charge < -0.3 is 19.5 Å². The molecule has 0 bridgehead atoms. The SMILES string of the molecule is CCOc1ccc(C(O)=C2C(=O)C(=O)N(CCCOC)C2c2cccc([N+](=O)[O-])c2)cc1. The Kier molecular flexibility index (Phi) is 7.21. The number of carbonyl (C=O) groups excluding carboxylic acids is 2. The summed E-state index contributed by atoms with van der Waals surface area (Å²) in [4.78, 5) is 37.8. The molecule has 1 atom stereocenters. The molecule has 1 unspecified atom stereocenters. The van der Waals surface area contributed by atoms with Gasteiger partial charge in [0.25, 0.3) is 17.4 Å². The predicted molar refractivity (Wildman–Crippen MR) is 116 cm³/mol. The third-order valence-electron chi connectivity index (χ3n) is 5.12. The number of aliphatic hydroxyl groups excluding tert-OH is 1. The summed E-state index contributed by atoms with van der Waals surface area (Å²) in [5, 5.41) is 22.3. The van der Waals surface area contributed by atoms with Crippen LogP contribution < -0.4 is 4.74 Å². The quantitative estimate of drug-likeness (QED) is 0.158. The van der Waals surface area contributed by atoms with Gasteiger partial charge in [0.15, 0.2) is 0 Å². The maximum absolute atomic E-state index is 12.9. The number of Topliss-reactive ketones (excluding diaryl/α,β-unsaturated/α-hetero) is 1. The fraction of sp³-hybridized carbons (Fsp3) is 0.304. The Morgan fingerprint density at radius 3 is 2.53 bits per heavy atom. The summed E-state index contributed by atoms with van der Waals surface area (Å²) in [6.07, 6.45) is 0.456. The van der Waals surface area contributed by atoms with Crippen LogP contribution in [0.3, 0.4) is 0 Å². The Morgan fingerprint density at radius 2 is 1.91 bits per heavy atom. The molecule has 9 nitrogen and oxygen atoms in total. The summed E-state index contributed by atoms with van der Waals surface area (Å²) in [5.74, 6) is -1.37. The molecular formula is C23H24N2O7. The van der Waals surface area contributed by atoms with Crippen LogP contribution >= 0.6 is 0 Å². The molecule has 1 saturated heterocycles. The van der Waals surface area contributed by atoms with E-state index in [4.69, 9.17) is 9.47 Å². The molecule has 1 aliphatic rings. The Balaban J connectivity index is 2.11. The first-order valence-electron chi connectivity index (χ1n) is 10.1. The average molecular weight is 440 g/mol. The maximum Gasteiger partial charge on any atom is 0.295 e. The summed E-state index contributed by atoms with van der Waals surface area (Å²) < 4.78 is 10.4. The first kappa shape index (κ1) is 23.0. The topological polar surface area (TPSA) is 119 Å². The van der Waals surface area contributed by atoms with Crippen LogP contribution in [0, 0.1) is 10.1 Å². The van der Waals surface area contributed by atoms with Crippen molar-refractivity contribution in [2.75, 3.05) is 26.9 Å². The Labute approximate surface area is 185 Å². The van der Waals surface area contributed by atoms with Crippen molar-refractivity contribution in [3.8, 4) is 5.75 Å². The normalized spacial score (nSPS) is 17.6. The summed E-state index contributed by atoms with van der Waals surface area (Å²) in [7, 11) is 1.53. The number of ketones is 1. The molecule has 0 aromatic heterocycles. The Morgan fingerprint density at radius 1 is 1.19 bits per heavy atom. The zero-order valence-corrected chi connectivity index (χ0v) is 17.8. The number of nitro groups is 1. The number of amides is 1. The van der Waals surface area contributed by atoms with Gasteiger partial charge in [-0.25, -0.2) is 0 Å². The highest BCUT2D eigenvalue weighted by Crippen LogP contribution is 2.40. The van der Waals surface area contributed by atoms with E-state index in [0.717, 1.165) is 0 Å². The molecule has 0 radical (unpaired) electrons. The monoisotopic (exact) mass is 440 g/mol. The second-order valence-corrected chi connectivity index (χ2v) is 7.15. The molecule has 2 aromatic rings. The number of ether oxygens (including phenoxy) is 2. The molecule has 32 heavy (non-hydrogen) atoms. The van der Waals surface area contributed by atoms with Crippen molar-refractivity contribution in [2.24, 2.45) is 0 Å². The van der Waals surface area contributed by atoms with Gasteiger partial charge in [0.1, 0.15) is 11.5 Å². The van der Waals surface area contributed by atoms with E-state index < -0.39 is 22.7 Å². The van der Waals surface area contributed by atoms with Gasteiger partial charge in [-0.15, -0.1) is 0 Å². The minimum Gasteiger partial charge on any atom is -0.507 e. The molecule has 1 fully saturated rings. The lowest BCUT2D eigenvalue weighted by atomic mass is 9.95. The van der Waals surface area contributed by atoms with Gasteiger partial charge in [0.05, 0.1) is 23.1 Å². The highest BCUT2D eigenvalue weighted by Gasteiger charge is 2.46. The zero-order valence-electron chi connectivity index (χ0n) is 17.8. The van der Waals surface area contributed by atoms with Gasteiger partial charge in [0, 0.05) is 38.0 Å². The highest BCUT2D eigenvalue weighted by molar-refractivity contribution is 6.46. The molecular weight excluding hydrogens is 416 g/mol. The lowest BCUT2D eigenvalue weighted by molar-refractivity contribution is -0.384. The molecule has 3 rings (SSSR count). The van der Waals surface area contributed by atoms with Crippen molar-refractivity contribution in [3.63, 3.8) is 0 Å². The van der Waals surface area contributed by atoms with Crippen LogP contribution in [0.15, 0.2) is 54.1 Å². The van der Waals surface area contributed by atoms with Gasteiger partial charge in [-0.05, 0) is 43.2 Å². The van der Waals surface area contributed by atoms with Crippen LogP contribution in [-0.4, -0.2) is 53.5 Å². The van der Waals surface area contributed by atoms with E-state index in [-0.39, 0.29) is 23.6 Å². The van der Waals surface area contributed by atoms with Crippen LogP contribution in [0.1, 0.15) is 30.5 Å². The third-order valence-corrected chi connectivity index (χ3v) is 5.12. The van der Waals surface area contributed by atoms with E-state index in [1.807, 2.05) is 6.92 Å². The summed E-state index contributed by atoms with van der Waals surface area (Å²) >= 11 is 0. The second kappa shape index (κ2) is 10.1. The number of carbonyl (C=O) groups is 2. The first-order valence-corrected chi connectivity index (χ1v) is 10.1. The Hall–Kier alpha value is -3.72. The van der Waals surface area contributed by atoms with E-state index in [1.165, 1.54) is 30.2 Å². The number of methoxy groups -OCH3 is 1. The molecule has 1 amide bonds. The first-order chi connectivity index (χ1) is 15.4. The third kappa shape index (κ3) is 4.62. The number of non-ortho nitro benzene ring substituents is 1. The molecule has 1 heterocycles. The van der Waals surface area contributed by atoms with Crippen LogP contribution in [0.5, 0.6) is 5.75 Å². The maximum atomic E-state index is 12.9. The molecule has 0 saturated carbocycles. The van der Waals surface area contributed by atoms with Gasteiger partial charge in [0.2, 0.25) is 0 Å². The summed E-state index contributed by atoms with van der Waals surface area (Å²) in [6, 6.07) is 11.2. The van der Waals surface area contributed by atoms with Crippen LogP contribution in [0.25, 0.3) is 5.76 Å². The zero-order chi connectivity index (χ0) is 23.3. The highest BCUT2D eigenvalue weighted by atomic mass is 16.6. The van der Waals surface area contributed by atoms with Crippen molar-refractivity contribution in [2.45, 2.75) is 19.4 Å². The molecule has 9 heteroatoms. The fourth-order valence-corrected chi connectivity index (χ4v) is 3.68. The summed E-state index contributed by atoms with van der Waals surface area (Å²) in [6.45, 7) is 2.87. The molecule has 168 valence electrons. The van der Waals surface area contributed by atoms with Crippen molar-refractivity contribution in [1.29, 1.82) is 0 Å². The molecule has 2 aromatic carbocycles. The lowest BCUT2D eigenvalue weighted by Crippen LogP contribution is -2.31. The average Bonchev–Trinajstić information content (AvgIpc) is 3.04. The standard InChI is InChI=1S/C23H24N2O7/c1-3-32-18-10-8-15(9-11-18)21(26)19-20(16-6-4-7-17(14-16)25(29)30)24(12-5-13-31-2)23(28)22(19)27/h4,6-11,14,20,26H,3,5,12-13H2,1-2H3. The smallest absolute Gasteiger partial charge is 0.295 e. The van der Waals surface area contributed by atoms with Crippen molar-refractivity contribution < 1.29 is 29.1 Å². The van der Waals surface area contributed by atoms with Crippen LogP contribution in [0.4, 0.5) is 5.69 Å². The largest absolute Gasteiger partial charge is 0.507 e. The van der Waals surface area contributed by atoms with Crippen molar-refractivity contribution in [1.82, 2.24) is 4.90 Å². The summed E-state index contributed by atoms with van der Waals surface area (Å²) in [5.41, 5.74) is 0.408. The number of nitro benzene ring substituents is 1.